The maximum atomic E-state index is 12.6. The van der Waals surface area contributed by atoms with Crippen molar-refractivity contribution in [2.75, 3.05) is 13.2 Å². The van der Waals surface area contributed by atoms with Gasteiger partial charge < -0.3 is 20.1 Å². The van der Waals surface area contributed by atoms with E-state index in [1.165, 1.54) is 0 Å². The Morgan fingerprint density at radius 2 is 1.21 bits per heavy atom. The number of carbonyl (C=O) groups is 2. The van der Waals surface area contributed by atoms with Gasteiger partial charge in [-0.1, -0.05) is 40.5 Å². The van der Waals surface area contributed by atoms with Crippen molar-refractivity contribution in [2.24, 2.45) is 21.8 Å². The smallest absolute Gasteiger partial charge is 0.248 e. The molecule has 28 heavy (non-hydrogen) atoms. The molecular weight excluding hydrogens is 360 g/mol. The lowest BCUT2D eigenvalue weighted by Gasteiger charge is -2.33. The fourth-order valence-electron chi connectivity index (χ4n) is 3.72. The van der Waals surface area contributed by atoms with Gasteiger partial charge in [-0.05, 0) is 12.8 Å². The van der Waals surface area contributed by atoms with Gasteiger partial charge in [0.1, 0.15) is 13.2 Å². The molecule has 0 spiro atoms. The maximum Gasteiger partial charge on any atom is 0.248 e. The summed E-state index contributed by atoms with van der Waals surface area (Å²) in [5, 5.41) is 6.17. The lowest BCUT2D eigenvalue weighted by Crippen LogP contribution is -2.56. The second kappa shape index (κ2) is 8.92. The van der Waals surface area contributed by atoms with Gasteiger partial charge in [0.25, 0.3) is 0 Å². The number of nitrogens with one attached hydrogen (secondary N) is 2. The number of amides is 2. The Kier molecular flexibility index (Phi) is 6.57. The number of hydrogen-bond donors (Lipinski definition) is 2. The van der Waals surface area contributed by atoms with Gasteiger partial charge in [-0.25, -0.2) is 9.98 Å². The molecule has 2 amide bonds. The van der Waals surface area contributed by atoms with Gasteiger partial charge in [0.15, 0.2) is 23.9 Å². The zero-order valence-corrected chi connectivity index (χ0v) is 17.2. The fourth-order valence-corrected chi connectivity index (χ4v) is 3.72. The molecule has 8 nitrogen and oxygen atoms in total. The normalized spacial score (nSPS) is 29.8. The van der Waals surface area contributed by atoms with Crippen LogP contribution in [0.1, 0.15) is 53.4 Å². The molecule has 0 aromatic heterocycles. The average molecular weight is 393 g/mol. The van der Waals surface area contributed by atoms with Crippen LogP contribution in [0, 0.1) is 11.8 Å². The summed E-state index contributed by atoms with van der Waals surface area (Å²) in [5.74, 6) is 1.34. The lowest BCUT2D eigenvalue weighted by atomic mass is 9.89. The van der Waals surface area contributed by atoms with Crippen molar-refractivity contribution in [2.45, 2.75) is 77.5 Å². The summed E-state index contributed by atoms with van der Waals surface area (Å²) in [4.78, 5) is 34.0. The Morgan fingerprint density at radius 1 is 0.821 bits per heavy atom. The van der Waals surface area contributed by atoms with E-state index in [-0.39, 0.29) is 48.9 Å². The first-order chi connectivity index (χ1) is 13.3. The molecule has 2 aliphatic heterocycles. The van der Waals surface area contributed by atoms with Crippen LogP contribution >= 0.6 is 0 Å². The van der Waals surface area contributed by atoms with Crippen LogP contribution < -0.4 is 10.6 Å². The maximum absolute atomic E-state index is 12.6. The summed E-state index contributed by atoms with van der Waals surface area (Å²) in [7, 11) is 0. The van der Waals surface area contributed by atoms with E-state index in [0.29, 0.717) is 11.8 Å². The van der Waals surface area contributed by atoms with Crippen molar-refractivity contribution in [3.63, 3.8) is 0 Å². The molecule has 0 radical (unpaired) electrons. The van der Waals surface area contributed by atoms with Gasteiger partial charge in [0.05, 0.1) is 0 Å². The summed E-state index contributed by atoms with van der Waals surface area (Å²) >= 11 is 0. The van der Waals surface area contributed by atoms with Crippen molar-refractivity contribution < 1.29 is 19.1 Å². The van der Waals surface area contributed by atoms with Crippen LogP contribution in [-0.4, -0.2) is 61.0 Å². The molecule has 3 rings (SSSR count). The highest BCUT2D eigenvalue weighted by Gasteiger charge is 2.35. The molecule has 4 atom stereocenters. The molecule has 2 N–H and O–H groups in total. The summed E-state index contributed by atoms with van der Waals surface area (Å²) in [6.07, 6.45) is 3.74. The molecule has 0 aromatic carbocycles. The van der Waals surface area contributed by atoms with E-state index in [9.17, 15) is 9.59 Å². The second-order valence-corrected chi connectivity index (χ2v) is 8.41. The third-order valence-electron chi connectivity index (χ3n) is 5.36. The second-order valence-electron chi connectivity index (χ2n) is 8.41. The van der Waals surface area contributed by atoms with Crippen LogP contribution in [0.25, 0.3) is 0 Å². The Bertz CT molecular complexity index is 603. The van der Waals surface area contributed by atoms with Gasteiger partial charge in [0.2, 0.25) is 11.8 Å². The third kappa shape index (κ3) is 4.83. The quantitative estimate of drug-likeness (QED) is 0.714. The average Bonchev–Trinajstić information content (AvgIpc) is 3.33. The van der Waals surface area contributed by atoms with E-state index in [4.69, 9.17) is 9.47 Å². The largest absolute Gasteiger partial charge is 0.478 e. The van der Waals surface area contributed by atoms with E-state index < -0.39 is 12.1 Å². The minimum Gasteiger partial charge on any atom is -0.478 e. The predicted octanol–water partition coefficient (Wildman–Crippen LogP) is 1.44. The number of hydrogen-bond acceptors (Lipinski definition) is 6. The van der Waals surface area contributed by atoms with Crippen molar-refractivity contribution in [3.05, 3.63) is 0 Å². The first kappa shape index (κ1) is 20.6. The molecule has 1 aliphatic carbocycles. The summed E-state index contributed by atoms with van der Waals surface area (Å²) in [5.41, 5.74) is 0. The van der Waals surface area contributed by atoms with E-state index in [1.807, 2.05) is 27.7 Å². The molecule has 8 heteroatoms. The molecule has 1 fully saturated rings. The first-order valence-corrected chi connectivity index (χ1v) is 10.4. The first-order valence-electron chi connectivity index (χ1n) is 10.4. The Hall–Kier alpha value is -2.12. The Labute approximate surface area is 166 Å². The van der Waals surface area contributed by atoms with Crippen LogP contribution in [0.2, 0.25) is 0 Å². The number of carbonyl (C=O) groups excluding carboxylic acids is 2. The zero-order chi connectivity index (χ0) is 20.3. The predicted molar refractivity (Wildman–Crippen MR) is 106 cm³/mol. The van der Waals surface area contributed by atoms with E-state index in [1.54, 1.807) is 0 Å². The topological polar surface area (TPSA) is 101 Å². The number of nitrogens with zero attached hydrogens (tertiary/aromatic N) is 2. The molecule has 3 aliphatic rings. The minimum atomic E-state index is -0.503. The minimum absolute atomic E-state index is 0.0978. The van der Waals surface area contributed by atoms with Gasteiger partial charge in [-0.15, -0.1) is 0 Å². The zero-order valence-electron chi connectivity index (χ0n) is 17.2. The van der Waals surface area contributed by atoms with E-state index in [0.717, 1.165) is 25.7 Å². The van der Waals surface area contributed by atoms with E-state index in [2.05, 4.69) is 20.6 Å². The lowest BCUT2D eigenvalue weighted by molar-refractivity contribution is -0.126. The van der Waals surface area contributed by atoms with Crippen LogP contribution in [0.5, 0.6) is 0 Å². The van der Waals surface area contributed by atoms with Crippen LogP contribution in [0.15, 0.2) is 9.98 Å². The molecule has 0 aromatic rings. The standard InChI is InChI=1S/C20H32N4O4/c1-11(2)19-23-15(9-27-19)17(25)21-13-7-5-6-8-14(13)22-18(26)16-10-28-20(24-16)12(3)4/h11-16H,5-10H2,1-4H3,(H,21,25)(H,22,26)/t13-,14-,15-,16-/m0/s1. The van der Waals surface area contributed by atoms with Crippen molar-refractivity contribution >= 4 is 23.6 Å². The molecule has 156 valence electrons. The van der Waals surface area contributed by atoms with Crippen LogP contribution in [0.4, 0.5) is 0 Å². The highest BCUT2D eigenvalue weighted by atomic mass is 16.5. The van der Waals surface area contributed by atoms with E-state index >= 15 is 0 Å². The highest BCUT2D eigenvalue weighted by molar-refractivity contribution is 5.90. The number of ether oxygens (including phenoxy) is 2. The third-order valence-corrected chi connectivity index (χ3v) is 5.36. The highest BCUT2D eigenvalue weighted by Crippen LogP contribution is 2.21. The summed E-state index contributed by atoms with van der Waals surface area (Å²) < 4.78 is 11.0. The van der Waals surface area contributed by atoms with Crippen molar-refractivity contribution in [1.82, 2.24) is 10.6 Å². The monoisotopic (exact) mass is 392 g/mol. The Morgan fingerprint density at radius 3 is 1.54 bits per heavy atom. The molecular formula is C20H32N4O4. The number of rotatable bonds is 6. The van der Waals surface area contributed by atoms with Gasteiger partial charge in [0, 0.05) is 23.9 Å². The Balaban J connectivity index is 1.57. The molecule has 0 bridgehead atoms. The van der Waals surface area contributed by atoms with Gasteiger partial charge in [-0.3, -0.25) is 9.59 Å². The molecule has 0 unspecified atom stereocenters. The fraction of sp³-hybridized carbons (Fsp3) is 0.800. The van der Waals surface area contributed by atoms with Gasteiger partial charge >= 0.3 is 0 Å². The molecule has 1 saturated carbocycles. The van der Waals surface area contributed by atoms with Crippen molar-refractivity contribution in [1.29, 1.82) is 0 Å². The van der Waals surface area contributed by atoms with Crippen molar-refractivity contribution in [3.8, 4) is 0 Å². The van der Waals surface area contributed by atoms with Crippen LogP contribution in [-0.2, 0) is 19.1 Å². The van der Waals surface area contributed by atoms with Crippen LogP contribution in [0.3, 0.4) is 0 Å². The number of aliphatic imine (C=N–C) groups is 2. The molecule has 2 heterocycles. The molecule has 0 saturated heterocycles. The SMILES string of the molecule is CC(C)C1=N[C@H](C(=O)N[C@H]2CCCC[C@@H]2NC(=O)[C@@H]2COC(C(C)C)=N2)CO1. The summed E-state index contributed by atoms with van der Waals surface area (Å²) in [6.45, 7) is 8.54. The summed E-state index contributed by atoms with van der Waals surface area (Å²) in [6, 6.07) is -1.20. The van der Waals surface area contributed by atoms with Gasteiger partial charge in [-0.2, -0.15) is 0 Å².